The van der Waals surface area contributed by atoms with Crippen LogP contribution in [-0.2, 0) is 15.8 Å². The molecule has 0 spiro atoms. The zero-order chi connectivity index (χ0) is 41.1. The molecule has 0 radical (unpaired) electrons. The molecule has 6 aromatic carbocycles. The molecule has 11 rings (SSSR count). The second-order valence-corrected chi connectivity index (χ2v) is 17.6. The van der Waals surface area contributed by atoms with Crippen LogP contribution in [0.25, 0.3) is 54.9 Å². The third-order valence-corrected chi connectivity index (χ3v) is 13.4. The van der Waals surface area contributed by atoms with Crippen LogP contribution in [0, 0.1) is 5.92 Å². The average Bonchev–Trinajstić information content (AvgIpc) is 3.42. The molecule has 298 valence electrons. The molecule has 6 aromatic rings. The molecular weight excluding hydrogens is 774 g/mol. The average molecular weight is 816 g/mol. The Balaban J connectivity index is 0.882. The normalized spacial score (nSPS) is 19.3. The van der Waals surface area contributed by atoms with Gasteiger partial charge in [0, 0.05) is 41.1 Å². The van der Waals surface area contributed by atoms with E-state index in [1.807, 2.05) is 84.9 Å². The second kappa shape index (κ2) is 15.1. The Morgan fingerprint density at radius 3 is 2.15 bits per heavy atom. The van der Waals surface area contributed by atoms with Crippen LogP contribution in [0.3, 0.4) is 0 Å². The summed E-state index contributed by atoms with van der Waals surface area (Å²) in [6.45, 7) is 0.515. The van der Waals surface area contributed by atoms with Gasteiger partial charge in [-0.25, -0.2) is 4.57 Å². The molecule has 7 heteroatoms. The largest absolute Gasteiger partial charge is 0.584 e. The van der Waals surface area contributed by atoms with Crippen molar-refractivity contribution in [3.8, 4) is 44.9 Å². The third kappa shape index (κ3) is 6.73. The summed E-state index contributed by atoms with van der Waals surface area (Å²) in [7, 11) is -4.66. The van der Waals surface area contributed by atoms with Crippen LogP contribution in [0.15, 0.2) is 197 Å². The van der Waals surface area contributed by atoms with Crippen molar-refractivity contribution in [2.45, 2.75) is 32.1 Å². The molecule has 5 aliphatic rings. The van der Waals surface area contributed by atoms with Crippen LogP contribution in [-0.4, -0.2) is 17.3 Å². The Labute approximate surface area is 354 Å². The first-order valence-electron chi connectivity index (χ1n) is 21.0. The summed E-state index contributed by atoms with van der Waals surface area (Å²) in [5, 5.41) is 6.94. The molecule has 1 aliphatic heterocycles. The highest BCUT2D eigenvalue weighted by Gasteiger charge is 2.38. The first-order chi connectivity index (χ1) is 29.9. The molecule has 0 bridgehead atoms. The van der Waals surface area contributed by atoms with Gasteiger partial charge in [-0.15, -0.1) is 0 Å². The lowest BCUT2D eigenvalue weighted by atomic mass is 9.67. The molecule has 2 atom stereocenters. The van der Waals surface area contributed by atoms with E-state index < -0.39 is 7.82 Å². The van der Waals surface area contributed by atoms with Gasteiger partial charge in [0.2, 0.25) is 5.91 Å². The number of phosphoric ester groups is 1. The van der Waals surface area contributed by atoms with E-state index in [1.165, 1.54) is 33.4 Å². The number of rotatable bonds is 9. The van der Waals surface area contributed by atoms with Crippen LogP contribution in [0.2, 0.25) is 0 Å². The lowest BCUT2D eigenvalue weighted by molar-refractivity contribution is -0.121. The number of amides is 1. The van der Waals surface area contributed by atoms with E-state index in [9.17, 15) is 14.3 Å². The highest BCUT2D eigenvalue weighted by Crippen LogP contribution is 2.61. The Morgan fingerprint density at radius 1 is 0.705 bits per heavy atom. The topological polar surface area (TPSA) is 84.9 Å². The first-order valence-corrected chi connectivity index (χ1v) is 22.5. The Kier molecular flexibility index (Phi) is 9.22. The van der Waals surface area contributed by atoms with Crippen molar-refractivity contribution in [3.63, 3.8) is 0 Å². The summed E-state index contributed by atoms with van der Waals surface area (Å²) < 4.78 is 26.2. The Hall–Kier alpha value is -6.72. The lowest BCUT2D eigenvalue weighted by Crippen LogP contribution is -2.30. The van der Waals surface area contributed by atoms with E-state index in [2.05, 4.69) is 84.3 Å². The monoisotopic (exact) mass is 815 g/mol. The van der Waals surface area contributed by atoms with Gasteiger partial charge in [0.1, 0.15) is 11.5 Å². The van der Waals surface area contributed by atoms with E-state index in [-0.39, 0.29) is 11.8 Å². The zero-order valence-electron chi connectivity index (χ0n) is 33.4. The Morgan fingerprint density at radius 2 is 1.39 bits per heavy atom. The van der Waals surface area contributed by atoms with E-state index in [4.69, 9.17) is 9.05 Å². The van der Waals surface area contributed by atoms with Crippen molar-refractivity contribution in [1.82, 2.24) is 5.32 Å². The molecule has 0 aromatic heterocycles. The number of phosphoric acid groups is 1. The smallest absolute Gasteiger partial charge is 0.394 e. The summed E-state index contributed by atoms with van der Waals surface area (Å²) in [5.41, 5.74) is 13.6. The number of unbranched alkanes of at least 4 members (excludes halogenated alkanes) is 1. The molecular formula is C54H42NO5P. The number of hydrogen-bond donors (Lipinski definition) is 2. The quantitative estimate of drug-likeness (QED) is 0.112. The summed E-state index contributed by atoms with van der Waals surface area (Å²) in [6.07, 6.45) is 21.6. The third-order valence-electron chi connectivity index (χ3n) is 12.6. The summed E-state index contributed by atoms with van der Waals surface area (Å²) in [6, 6.07) is 38.2. The first kappa shape index (κ1) is 37.3. The molecule has 2 N–H and O–H groups in total. The van der Waals surface area contributed by atoms with Crippen molar-refractivity contribution in [2.24, 2.45) is 5.92 Å². The van der Waals surface area contributed by atoms with Gasteiger partial charge in [0.25, 0.3) is 0 Å². The van der Waals surface area contributed by atoms with Crippen molar-refractivity contribution >= 4 is 35.3 Å². The van der Waals surface area contributed by atoms with Gasteiger partial charge in [0.05, 0.1) is 0 Å². The number of fused-ring (bicyclic) bond motifs is 7. The highest BCUT2D eigenvalue weighted by molar-refractivity contribution is 7.48. The van der Waals surface area contributed by atoms with Crippen molar-refractivity contribution < 1.29 is 23.3 Å². The minimum atomic E-state index is -4.66. The predicted molar refractivity (Wildman–Crippen MR) is 245 cm³/mol. The molecule has 4 aliphatic carbocycles. The molecule has 0 saturated carbocycles. The van der Waals surface area contributed by atoms with Crippen molar-refractivity contribution in [2.75, 3.05) is 6.54 Å². The lowest BCUT2D eigenvalue weighted by Gasteiger charge is -2.37. The zero-order valence-corrected chi connectivity index (χ0v) is 34.3. The van der Waals surface area contributed by atoms with Crippen molar-refractivity contribution in [1.29, 1.82) is 0 Å². The van der Waals surface area contributed by atoms with E-state index in [1.54, 1.807) is 0 Å². The second-order valence-electron chi connectivity index (χ2n) is 16.3. The fourth-order valence-electron chi connectivity index (χ4n) is 9.74. The van der Waals surface area contributed by atoms with Crippen LogP contribution in [0.1, 0.15) is 31.2 Å². The standard InChI is InChI=1S/C54H42NO5P/c56-48(55-33-41-26-25-39-24-23-37-18-11-19-38-27-29-44(41)50(39)49(37)38)21-10-7-12-34-22-28-45-42(30-34)32-47(36-15-5-2-6-16-36)54-52(45)51-43-20-9-8-17-40(43)31-46(35-13-3-1-4-14-35)53(51)59-61(57,58)60-54/h1-6,8-9,11,13-18,20,22-32,50H,7,10,12,19,21,33H2,(H,55,56)(H,57,58). The maximum Gasteiger partial charge on any atom is 0.584 e. The number of carbonyl (C=O) groups excluding carboxylic acids is 1. The minimum absolute atomic E-state index is 0.0604. The SMILES string of the molecule is O=C(CCCCc1ccc2c3c(c(-c4ccccc4)cc2c1)OP(=O)(O)Oc1c(-c2ccccc2)cc2ccccc2c1-3)NCC1=CC=C2C=CC3=C4C(=CC=C1C24)CC=C3. The predicted octanol–water partition coefficient (Wildman–Crippen LogP) is 12.9. The minimum Gasteiger partial charge on any atom is -0.394 e. The van der Waals surface area contributed by atoms with Gasteiger partial charge >= 0.3 is 7.82 Å². The maximum atomic E-state index is 14.0. The summed E-state index contributed by atoms with van der Waals surface area (Å²) in [5.74, 6) is 0.929. The van der Waals surface area contributed by atoms with Gasteiger partial charge in [-0.05, 0) is 109 Å². The number of benzene rings is 6. The summed E-state index contributed by atoms with van der Waals surface area (Å²) in [4.78, 5) is 24.6. The number of carbonyl (C=O) groups is 1. The van der Waals surface area contributed by atoms with Crippen LogP contribution >= 0.6 is 7.82 Å². The Bertz CT molecular complexity index is 3110. The van der Waals surface area contributed by atoms with Gasteiger partial charge in [0.15, 0.2) is 0 Å². The van der Waals surface area contributed by atoms with Crippen LogP contribution < -0.4 is 14.4 Å². The summed E-state index contributed by atoms with van der Waals surface area (Å²) >= 11 is 0. The van der Waals surface area contributed by atoms with Gasteiger partial charge in [-0.2, -0.15) is 0 Å². The molecule has 1 heterocycles. The molecule has 0 saturated heterocycles. The number of hydrogen-bond acceptors (Lipinski definition) is 4. The van der Waals surface area contributed by atoms with Crippen LogP contribution in [0.5, 0.6) is 11.5 Å². The maximum absolute atomic E-state index is 14.0. The molecule has 1 amide bonds. The number of allylic oxidation sites excluding steroid dienone is 12. The van der Waals surface area contributed by atoms with E-state index >= 15 is 0 Å². The highest BCUT2D eigenvalue weighted by atomic mass is 31.2. The fourth-order valence-corrected chi connectivity index (χ4v) is 10.6. The fraction of sp³-hybridized carbons (Fsp3) is 0.130. The molecule has 6 nitrogen and oxygen atoms in total. The molecule has 2 unspecified atom stereocenters. The van der Waals surface area contributed by atoms with Crippen molar-refractivity contribution in [3.05, 3.63) is 203 Å². The van der Waals surface area contributed by atoms with Crippen LogP contribution in [0.4, 0.5) is 0 Å². The van der Waals surface area contributed by atoms with Gasteiger partial charge in [-0.3, -0.25) is 9.69 Å². The molecule has 0 fully saturated rings. The van der Waals surface area contributed by atoms with Gasteiger partial charge < -0.3 is 14.4 Å². The van der Waals surface area contributed by atoms with Gasteiger partial charge in [-0.1, -0.05) is 152 Å². The number of aryl methyl sites for hydroxylation is 1. The van der Waals surface area contributed by atoms with E-state index in [0.717, 1.165) is 63.9 Å². The van der Waals surface area contributed by atoms with E-state index in [0.29, 0.717) is 46.7 Å². The molecule has 61 heavy (non-hydrogen) atoms. The number of nitrogens with one attached hydrogen (secondary N) is 1.